The van der Waals surface area contributed by atoms with E-state index in [2.05, 4.69) is 31.9 Å². The molecule has 2 aromatic rings. The van der Waals surface area contributed by atoms with Gasteiger partial charge in [-0.1, -0.05) is 31.9 Å². The summed E-state index contributed by atoms with van der Waals surface area (Å²) in [5, 5.41) is 0. The number of ketones is 1. The van der Waals surface area contributed by atoms with Crippen molar-refractivity contribution in [1.29, 1.82) is 0 Å². The first-order valence-corrected chi connectivity index (χ1v) is 8.62. The Balaban J connectivity index is 2.69. The second-order valence-electron chi connectivity index (χ2n) is 5.51. The van der Waals surface area contributed by atoms with Gasteiger partial charge in [0.25, 0.3) is 0 Å². The summed E-state index contributed by atoms with van der Waals surface area (Å²) in [6.45, 7) is 2.22. The number of rotatable bonds is 2. The van der Waals surface area contributed by atoms with Crippen LogP contribution in [0.2, 0.25) is 0 Å². The molecule has 0 spiro atoms. The Morgan fingerprint density at radius 3 is 1.31 bits per heavy atom. The summed E-state index contributed by atoms with van der Waals surface area (Å²) in [7, 11) is 0. The fraction of sp³-hybridized carbons (Fsp3) is 0.235. The molecule has 2 rings (SSSR count). The Hall–Kier alpha value is -1.35. The molecule has 0 aliphatic carbocycles. The molecule has 0 unspecified atom stereocenters. The Kier molecular flexibility index (Phi) is 5.64. The van der Waals surface area contributed by atoms with Crippen LogP contribution < -0.4 is 0 Å². The van der Waals surface area contributed by atoms with Crippen LogP contribution in [0.3, 0.4) is 0 Å². The molecule has 140 valence electrons. The average Bonchev–Trinajstić information content (AvgIpc) is 2.43. The molecule has 0 aliphatic rings. The first-order chi connectivity index (χ1) is 11.8. The lowest BCUT2D eigenvalue weighted by Gasteiger charge is -2.18. The van der Waals surface area contributed by atoms with Gasteiger partial charge in [0.15, 0.2) is 5.78 Å². The third kappa shape index (κ3) is 3.83. The lowest BCUT2D eigenvalue weighted by molar-refractivity contribution is -0.139. The summed E-state index contributed by atoms with van der Waals surface area (Å²) >= 11 is 5.60. The summed E-state index contributed by atoms with van der Waals surface area (Å²) in [6, 6.07) is 4.43. The van der Waals surface area contributed by atoms with Crippen LogP contribution in [-0.4, -0.2) is 5.78 Å². The maximum Gasteiger partial charge on any atom is 0.417 e. The van der Waals surface area contributed by atoms with Crippen molar-refractivity contribution in [3.05, 3.63) is 66.6 Å². The van der Waals surface area contributed by atoms with Gasteiger partial charge in [-0.25, -0.2) is 0 Å². The largest absolute Gasteiger partial charge is 0.417 e. The lowest BCUT2D eigenvalue weighted by Crippen LogP contribution is -2.16. The summed E-state index contributed by atoms with van der Waals surface area (Å²) in [6.07, 6.45) is -9.43. The highest BCUT2D eigenvalue weighted by atomic mass is 79.9. The summed E-state index contributed by atoms with van der Waals surface area (Å²) in [5.41, 5.74) is -3.39. The van der Waals surface area contributed by atoms with Gasteiger partial charge in [0.05, 0.1) is 11.1 Å². The minimum Gasteiger partial charge on any atom is -0.289 e. The van der Waals surface area contributed by atoms with Gasteiger partial charge in [0.1, 0.15) is 0 Å². The van der Waals surface area contributed by atoms with Crippen molar-refractivity contribution < 1.29 is 31.1 Å². The fourth-order valence-corrected chi connectivity index (χ4v) is 4.00. The van der Waals surface area contributed by atoms with Gasteiger partial charge < -0.3 is 0 Å². The molecule has 1 nitrogen and oxygen atoms in total. The maximum atomic E-state index is 13.2. The highest BCUT2D eigenvalue weighted by Crippen LogP contribution is 2.41. The third-order valence-electron chi connectivity index (χ3n) is 3.88. The third-order valence-corrected chi connectivity index (χ3v) is 5.21. The van der Waals surface area contributed by atoms with Gasteiger partial charge in [0, 0.05) is 20.1 Å². The molecule has 0 amide bonds. The molecule has 0 N–H and O–H groups in total. The van der Waals surface area contributed by atoms with E-state index in [0.717, 1.165) is 38.1 Å². The van der Waals surface area contributed by atoms with Crippen LogP contribution in [-0.2, 0) is 12.4 Å². The SMILES string of the molecule is Cc1c(C(=O)c2ccc(Br)c(C(F)(F)F)c2C)ccc(Br)c1C(F)(F)F. The Morgan fingerprint density at radius 2 is 1.04 bits per heavy atom. The second kappa shape index (κ2) is 6.99. The predicted octanol–water partition coefficient (Wildman–Crippen LogP) is 7.10. The lowest BCUT2D eigenvalue weighted by atomic mass is 9.91. The molecular formula is C17H10Br2F6O. The van der Waals surface area contributed by atoms with Gasteiger partial charge in [-0.15, -0.1) is 0 Å². The van der Waals surface area contributed by atoms with E-state index in [1.807, 2.05) is 0 Å². The van der Waals surface area contributed by atoms with Crippen molar-refractivity contribution in [2.24, 2.45) is 0 Å². The molecule has 0 bridgehead atoms. The molecule has 0 radical (unpaired) electrons. The summed E-state index contributed by atoms with van der Waals surface area (Å²) in [4.78, 5) is 12.7. The van der Waals surface area contributed by atoms with E-state index >= 15 is 0 Å². The number of carbonyl (C=O) groups excluding carboxylic acids is 1. The van der Waals surface area contributed by atoms with Crippen LogP contribution in [0.25, 0.3) is 0 Å². The van der Waals surface area contributed by atoms with E-state index in [1.165, 1.54) is 0 Å². The van der Waals surface area contributed by atoms with Crippen molar-refractivity contribution in [2.75, 3.05) is 0 Å². The zero-order chi connectivity index (χ0) is 20.0. The number of carbonyl (C=O) groups is 1. The zero-order valence-corrected chi connectivity index (χ0v) is 16.4. The Labute approximate surface area is 161 Å². The number of benzene rings is 2. The summed E-state index contributed by atoms with van der Waals surface area (Å²) in [5.74, 6) is -0.906. The quantitative estimate of drug-likeness (QED) is 0.315. The monoisotopic (exact) mass is 502 g/mol. The number of hydrogen-bond donors (Lipinski definition) is 0. The molecule has 0 heterocycles. The molecule has 26 heavy (non-hydrogen) atoms. The first kappa shape index (κ1) is 21.0. The minimum absolute atomic E-state index is 0.248. The zero-order valence-electron chi connectivity index (χ0n) is 13.2. The maximum absolute atomic E-state index is 13.2. The van der Waals surface area contributed by atoms with Crippen LogP contribution in [0.4, 0.5) is 26.3 Å². The van der Waals surface area contributed by atoms with Crippen LogP contribution >= 0.6 is 31.9 Å². The van der Waals surface area contributed by atoms with Gasteiger partial charge in [-0.2, -0.15) is 26.3 Å². The van der Waals surface area contributed by atoms with Crippen LogP contribution in [0.15, 0.2) is 33.2 Å². The topological polar surface area (TPSA) is 17.1 Å². The van der Waals surface area contributed by atoms with Gasteiger partial charge in [-0.3, -0.25) is 4.79 Å². The van der Waals surface area contributed by atoms with Crippen molar-refractivity contribution in [3.8, 4) is 0 Å². The molecule has 9 heteroatoms. The molecule has 0 aliphatic heterocycles. The molecule has 0 atom stereocenters. The van der Waals surface area contributed by atoms with Gasteiger partial charge >= 0.3 is 12.4 Å². The van der Waals surface area contributed by atoms with Crippen LogP contribution in [0, 0.1) is 13.8 Å². The van der Waals surface area contributed by atoms with Crippen molar-refractivity contribution in [2.45, 2.75) is 26.2 Å². The van der Waals surface area contributed by atoms with Crippen molar-refractivity contribution in [1.82, 2.24) is 0 Å². The second-order valence-corrected chi connectivity index (χ2v) is 7.22. The van der Waals surface area contributed by atoms with E-state index in [0.29, 0.717) is 0 Å². The van der Waals surface area contributed by atoms with E-state index in [-0.39, 0.29) is 31.2 Å². The van der Waals surface area contributed by atoms with Gasteiger partial charge in [-0.05, 0) is 49.2 Å². The summed E-state index contributed by atoms with van der Waals surface area (Å²) < 4.78 is 78.8. The number of hydrogen-bond acceptors (Lipinski definition) is 1. The minimum atomic E-state index is -4.72. The van der Waals surface area contributed by atoms with Crippen LogP contribution in [0.1, 0.15) is 38.2 Å². The first-order valence-electron chi connectivity index (χ1n) is 7.04. The van der Waals surface area contributed by atoms with Crippen LogP contribution in [0.5, 0.6) is 0 Å². The van der Waals surface area contributed by atoms with E-state index in [4.69, 9.17) is 0 Å². The number of alkyl halides is 6. The molecular weight excluding hydrogens is 494 g/mol. The van der Waals surface area contributed by atoms with Crippen molar-refractivity contribution in [3.63, 3.8) is 0 Å². The smallest absolute Gasteiger partial charge is 0.289 e. The molecule has 0 saturated heterocycles. The number of halogens is 8. The molecule has 0 fully saturated rings. The molecule has 2 aromatic carbocycles. The standard InChI is InChI=1S/C17H10Br2F6O/c1-7-9(3-5-11(18)13(7)16(20,21)22)15(26)10-4-6-12(19)14(8(10)2)17(23,24)25/h3-6H,1-2H3. The Bertz CT molecular complexity index is 813. The van der Waals surface area contributed by atoms with E-state index < -0.39 is 29.3 Å². The average molecular weight is 504 g/mol. The Morgan fingerprint density at radius 1 is 0.731 bits per heavy atom. The highest BCUT2D eigenvalue weighted by Gasteiger charge is 2.38. The normalized spacial score (nSPS) is 12.4. The van der Waals surface area contributed by atoms with Gasteiger partial charge in [0.2, 0.25) is 0 Å². The fourth-order valence-electron chi connectivity index (χ4n) is 2.69. The highest BCUT2D eigenvalue weighted by molar-refractivity contribution is 9.10. The van der Waals surface area contributed by atoms with E-state index in [1.54, 1.807) is 0 Å². The van der Waals surface area contributed by atoms with Crippen molar-refractivity contribution >= 4 is 37.6 Å². The molecule has 0 saturated carbocycles. The van der Waals surface area contributed by atoms with E-state index in [9.17, 15) is 31.1 Å². The predicted molar refractivity (Wildman–Crippen MR) is 91.2 cm³/mol. The molecule has 0 aromatic heterocycles.